The number of rotatable bonds is 2. The Balaban J connectivity index is 2.18. The van der Waals surface area contributed by atoms with Gasteiger partial charge in [0.25, 0.3) is 0 Å². The van der Waals surface area contributed by atoms with Gasteiger partial charge in [-0.1, -0.05) is 84.9 Å². The fraction of sp³-hybridized carbons (Fsp3) is 0. The van der Waals surface area contributed by atoms with Crippen LogP contribution in [0, 0.1) is 17.9 Å². The van der Waals surface area contributed by atoms with Crippen LogP contribution >= 0.6 is 0 Å². The molecule has 0 saturated carbocycles. The molecule has 0 unspecified atom stereocenters. The molecule has 0 spiro atoms. The number of hydrogen-bond donors (Lipinski definition) is 0. The van der Waals surface area contributed by atoms with Crippen molar-refractivity contribution in [2.24, 2.45) is 0 Å². The zero-order chi connectivity index (χ0) is 16.8. The van der Waals surface area contributed by atoms with E-state index in [9.17, 15) is 5.26 Å². The molecular weight excluding hydrogens is 292 g/mol. The van der Waals surface area contributed by atoms with Crippen molar-refractivity contribution in [1.82, 2.24) is 0 Å². The quantitative estimate of drug-likeness (QED) is 0.666. The monoisotopic (exact) mass is 306 g/mol. The standard InChI is InChI=1S/C22H14N2/c1-24-22(19-10-6-3-7-11-19)20-14-12-18(13-15-20)21(16-23)17-8-4-2-5-9-17/h2-15H. The largest absolute Gasteiger partial charge is 0.237 e. The van der Waals surface area contributed by atoms with Crippen molar-refractivity contribution < 1.29 is 0 Å². The molecule has 0 bridgehead atoms. The van der Waals surface area contributed by atoms with E-state index in [1.807, 2.05) is 84.9 Å². The number of nitrogens with zero attached hydrogens (tertiary/aromatic N) is 2. The van der Waals surface area contributed by atoms with Gasteiger partial charge in [0.05, 0.1) is 12.1 Å². The topological polar surface area (TPSA) is 28.1 Å². The van der Waals surface area contributed by atoms with Gasteiger partial charge in [-0.25, -0.2) is 4.85 Å². The van der Waals surface area contributed by atoms with Crippen LogP contribution in [0.2, 0.25) is 0 Å². The Labute approximate surface area is 141 Å². The molecule has 0 radical (unpaired) electrons. The van der Waals surface area contributed by atoms with E-state index in [0.29, 0.717) is 11.3 Å². The van der Waals surface area contributed by atoms with Crippen LogP contribution in [0.4, 0.5) is 0 Å². The summed E-state index contributed by atoms with van der Waals surface area (Å²) < 4.78 is 0. The van der Waals surface area contributed by atoms with E-state index in [1.165, 1.54) is 0 Å². The minimum atomic E-state index is 0.611. The highest BCUT2D eigenvalue weighted by atomic mass is 14.7. The van der Waals surface area contributed by atoms with Crippen LogP contribution in [0.25, 0.3) is 16.1 Å². The highest BCUT2D eigenvalue weighted by Crippen LogP contribution is 2.12. The Morgan fingerprint density at radius 3 is 1.71 bits per heavy atom. The molecule has 3 aromatic rings. The molecule has 3 rings (SSSR count). The summed E-state index contributed by atoms with van der Waals surface area (Å²) >= 11 is 0. The normalized spacial score (nSPS) is 9.58. The summed E-state index contributed by atoms with van der Waals surface area (Å²) in [6.07, 6.45) is 0. The zero-order valence-electron chi connectivity index (χ0n) is 13.0. The van der Waals surface area contributed by atoms with Gasteiger partial charge in [-0.3, -0.25) is 0 Å². The predicted molar refractivity (Wildman–Crippen MR) is 95.8 cm³/mol. The van der Waals surface area contributed by atoms with Gasteiger partial charge in [0.15, 0.2) is 0 Å². The highest BCUT2D eigenvalue weighted by molar-refractivity contribution is 5.76. The van der Waals surface area contributed by atoms with E-state index >= 15 is 0 Å². The molecular formula is C22H14N2. The molecule has 0 fully saturated rings. The van der Waals surface area contributed by atoms with Gasteiger partial charge in [0.2, 0.25) is 5.70 Å². The van der Waals surface area contributed by atoms with E-state index in [1.54, 1.807) is 0 Å². The predicted octanol–water partition coefficient (Wildman–Crippen LogP) is 3.48. The molecule has 24 heavy (non-hydrogen) atoms. The first-order valence-corrected chi connectivity index (χ1v) is 7.56. The summed E-state index contributed by atoms with van der Waals surface area (Å²) in [5.41, 5.74) is 3.03. The van der Waals surface area contributed by atoms with Crippen molar-refractivity contribution in [3.8, 4) is 6.07 Å². The third-order valence-electron chi connectivity index (χ3n) is 3.78. The summed E-state index contributed by atoms with van der Waals surface area (Å²) in [5.74, 6) is 0. The zero-order valence-corrected chi connectivity index (χ0v) is 13.0. The fourth-order valence-electron chi connectivity index (χ4n) is 2.59. The van der Waals surface area contributed by atoms with Crippen LogP contribution in [-0.4, -0.2) is 0 Å². The third kappa shape index (κ3) is 3.09. The Bertz CT molecular complexity index is 939. The Morgan fingerprint density at radius 2 is 1.21 bits per heavy atom. The van der Waals surface area contributed by atoms with Crippen molar-refractivity contribution in [1.29, 1.82) is 5.26 Å². The molecule has 3 aromatic carbocycles. The van der Waals surface area contributed by atoms with Crippen molar-refractivity contribution in [3.05, 3.63) is 118 Å². The molecule has 2 heteroatoms. The summed E-state index contributed by atoms with van der Waals surface area (Å²) in [4.78, 5) is 3.68. The maximum atomic E-state index is 9.49. The smallest absolute Gasteiger partial charge is 0.201 e. The Morgan fingerprint density at radius 1 is 0.708 bits per heavy atom. The molecule has 0 saturated heterocycles. The lowest BCUT2D eigenvalue weighted by molar-refractivity contribution is 1.46. The fourth-order valence-corrected chi connectivity index (χ4v) is 2.59. The number of nitriles is 1. The molecule has 0 N–H and O–H groups in total. The van der Waals surface area contributed by atoms with E-state index in [4.69, 9.17) is 6.57 Å². The van der Waals surface area contributed by atoms with Gasteiger partial charge in [0, 0.05) is 0 Å². The second-order valence-corrected chi connectivity index (χ2v) is 5.26. The summed E-state index contributed by atoms with van der Waals surface area (Å²) in [5, 5.41) is 11.2. The molecule has 0 aromatic heterocycles. The minimum Gasteiger partial charge on any atom is -0.237 e. The SMILES string of the molecule is [C-]#[N+]C(c1ccccc1)=c1ccc(=C(C#N)c2ccccc2)cc1. The average Bonchev–Trinajstić information content (AvgIpc) is 2.66. The second kappa shape index (κ2) is 7.09. The van der Waals surface area contributed by atoms with E-state index in [-0.39, 0.29) is 0 Å². The van der Waals surface area contributed by atoms with E-state index in [2.05, 4.69) is 10.9 Å². The van der Waals surface area contributed by atoms with Crippen LogP contribution in [0.3, 0.4) is 0 Å². The minimum absolute atomic E-state index is 0.611. The number of benzene rings is 3. The Kier molecular flexibility index (Phi) is 4.52. The van der Waals surface area contributed by atoms with Crippen LogP contribution in [0.15, 0.2) is 84.9 Å². The lowest BCUT2D eigenvalue weighted by Gasteiger charge is -2.00. The molecule has 0 aliphatic heterocycles. The molecule has 0 amide bonds. The summed E-state index contributed by atoms with van der Waals surface area (Å²) in [6.45, 7) is 7.47. The first kappa shape index (κ1) is 15.3. The van der Waals surface area contributed by atoms with E-state index < -0.39 is 0 Å². The van der Waals surface area contributed by atoms with Crippen molar-refractivity contribution >= 4 is 11.3 Å². The van der Waals surface area contributed by atoms with Crippen molar-refractivity contribution in [2.75, 3.05) is 0 Å². The average molecular weight is 306 g/mol. The second-order valence-electron chi connectivity index (χ2n) is 5.26. The molecule has 0 heterocycles. The lowest BCUT2D eigenvalue weighted by atomic mass is 10.0. The molecule has 0 atom stereocenters. The van der Waals surface area contributed by atoms with Gasteiger partial charge in [-0.15, -0.1) is 0 Å². The first-order chi connectivity index (χ1) is 11.8. The molecule has 2 nitrogen and oxygen atoms in total. The van der Waals surface area contributed by atoms with Gasteiger partial charge in [0.1, 0.15) is 6.07 Å². The van der Waals surface area contributed by atoms with Gasteiger partial charge in [-0.05, 0) is 21.6 Å². The number of hydrogen-bond acceptors (Lipinski definition) is 1. The lowest BCUT2D eigenvalue weighted by Crippen LogP contribution is -2.12. The molecule has 0 aliphatic carbocycles. The van der Waals surface area contributed by atoms with Crippen molar-refractivity contribution in [3.63, 3.8) is 0 Å². The van der Waals surface area contributed by atoms with Gasteiger partial charge >= 0.3 is 0 Å². The van der Waals surface area contributed by atoms with Crippen molar-refractivity contribution in [2.45, 2.75) is 0 Å². The van der Waals surface area contributed by atoms with Crippen LogP contribution in [0.1, 0.15) is 11.1 Å². The maximum absolute atomic E-state index is 9.49. The van der Waals surface area contributed by atoms with Crippen LogP contribution in [-0.2, 0) is 0 Å². The highest BCUT2D eigenvalue weighted by Gasteiger charge is 2.03. The Hall–Kier alpha value is -3.62. The van der Waals surface area contributed by atoms with Gasteiger partial charge in [-0.2, -0.15) is 5.26 Å². The molecule has 112 valence electrons. The van der Waals surface area contributed by atoms with Crippen LogP contribution < -0.4 is 10.4 Å². The first-order valence-electron chi connectivity index (χ1n) is 7.56. The maximum Gasteiger partial charge on any atom is 0.201 e. The van der Waals surface area contributed by atoms with Crippen LogP contribution in [0.5, 0.6) is 0 Å². The van der Waals surface area contributed by atoms with Gasteiger partial charge < -0.3 is 0 Å². The van der Waals surface area contributed by atoms with E-state index in [0.717, 1.165) is 21.6 Å². The molecule has 0 aliphatic rings. The summed E-state index contributed by atoms with van der Waals surface area (Å²) in [7, 11) is 0. The summed E-state index contributed by atoms with van der Waals surface area (Å²) in [6, 6.07) is 29.1. The third-order valence-corrected chi connectivity index (χ3v) is 3.78.